The van der Waals surface area contributed by atoms with Crippen LogP contribution in [0.2, 0.25) is 0 Å². The van der Waals surface area contributed by atoms with Crippen molar-refractivity contribution in [2.75, 3.05) is 26.0 Å². The Balaban J connectivity index is 2.24. The second-order valence-electron chi connectivity index (χ2n) is 3.61. The Morgan fingerprint density at radius 3 is 2.88 bits per heavy atom. The van der Waals surface area contributed by atoms with E-state index in [0.29, 0.717) is 30.2 Å². The van der Waals surface area contributed by atoms with E-state index in [4.69, 9.17) is 15.2 Å². The van der Waals surface area contributed by atoms with E-state index in [1.54, 1.807) is 25.2 Å². The molecule has 86 valence electrons. The number of nitrogen functional groups attached to an aromatic ring is 1. The third kappa shape index (κ3) is 2.09. The summed E-state index contributed by atoms with van der Waals surface area (Å²) in [5.74, 6) is 0.322. The summed E-state index contributed by atoms with van der Waals surface area (Å²) in [7, 11) is 1.58. The van der Waals surface area contributed by atoms with Crippen molar-refractivity contribution in [2.45, 2.75) is 6.10 Å². The summed E-state index contributed by atoms with van der Waals surface area (Å²) in [5.41, 5.74) is 6.72. The lowest BCUT2D eigenvalue weighted by atomic mass is 10.1. The molecule has 3 N–H and O–H groups in total. The number of nitrogens with one attached hydrogen (secondary N) is 1. The van der Waals surface area contributed by atoms with Crippen molar-refractivity contribution < 1.29 is 14.3 Å². The molecule has 1 heterocycles. The van der Waals surface area contributed by atoms with Crippen LogP contribution in [-0.2, 0) is 4.74 Å². The Morgan fingerprint density at radius 2 is 2.31 bits per heavy atom. The molecule has 0 aliphatic carbocycles. The maximum Gasteiger partial charge on any atom is 0.254 e. The van der Waals surface area contributed by atoms with Crippen molar-refractivity contribution in [1.29, 1.82) is 0 Å². The van der Waals surface area contributed by atoms with Gasteiger partial charge in [-0.3, -0.25) is 4.79 Å². The maximum atomic E-state index is 11.6. The molecule has 1 aliphatic rings. The highest BCUT2D eigenvalue weighted by Gasteiger charge is 2.22. The van der Waals surface area contributed by atoms with Gasteiger partial charge in [-0.15, -0.1) is 0 Å². The predicted octanol–water partition coefficient (Wildman–Crippen LogP) is 0.406. The van der Waals surface area contributed by atoms with Crippen LogP contribution in [-0.4, -0.2) is 32.3 Å². The van der Waals surface area contributed by atoms with Gasteiger partial charge in [-0.05, 0) is 12.1 Å². The van der Waals surface area contributed by atoms with E-state index in [1.807, 2.05) is 0 Å². The third-order valence-corrected chi connectivity index (χ3v) is 2.38. The van der Waals surface area contributed by atoms with E-state index in [-0.39, 0.29) is 12.0 Å². The van der Waals surface area contributed by atoms with Crippen molar-refractivity contribution in [3.05, 3.63) is 23.8 Å². The van der Waals surface area contributed by atoms with Crippen LogP contribution in [0.25, 0.3) is 0 Å². The molecule has 5 heteroatoms. The van der Waals surface area contributed by atoms with E-state index < -0.39 is 0 Å². The van der Waals surface area contributed by atoms with E-state index in [0.717, 1.165) is 0 Å². The molecule has 0 radical (unpaired) electrons. The first kappa shape index (κ1) is 10.8. The molecule has 0 aromatic heterocycles. The quantitative estimate of drug-likeness (QED) is 0.726. The van der Waals surface area contributed by atoms with Crippen molar-refractivity contribution in [3.8, 4) is 5.75 Å². The summed E-state index contributed by atoms with van der Waals surface area (Å²) in [6.07, 6.45) is 0.0187. The molecule has 1 aromatic rings. The van der Waals surface area contributed by atoms with Crippen molar-refractivity contribution in [3.63, 3.8) is 0 Å². The van der Waals surface area contributed by atoms with Gasteiger partial charge in [0.2, 0.25) is 0 Å². The molecule has 1 aromatic carbocycles. The van der Waals surface area contributed by atoms with Gasteiger partial charge in [0.25, 0.3) is 5.91 Å². The molecule has 16 heavy (non-hydrogen) atoms. The highest BCUT2D eigenvalue weighted by atomic mass is 16.6. The average molecular weight is 222 g/mol. The SMILES string of the molecule is CNC(=O)c1ccc(N)cc1OC1COC1. The zero-order valence-corrected chi connectivity index (χ0v) is 9.03. The van der Waals surface area contributed by atoms with Gasteiger partial charge < -0.3 is 20.5 Å². The standard InChI is InChI=1S/C11H14N2O3/c1-13-11(14)9-3-2-7(12)4-10(9)16-8-5-15-6-8/h2-4,8H,5-6,12H2,1H3,(H,13,14). The number of carbonyl (C=O) groups is 1. The first-order valence-electron chi connectivity index (χ1n) is 5.06. The number of carbonyl (C=O) groups excluding carboxylic acids is 1. The van der Waals surface area contributed by atoms with Crippen LogP contribution < -0.4 is 15.8 Å². The minimum Gasteiger partial charge on any atom is -0.485 e. The highest BCUT2D eigenvalue weighted by Crippen LogP contribution is 2.24. The second-order valence-corrected chi connectivity index (χ2v) is 3.61. The van der Waals surface area contributed by atoms with Gasteiger partial charge in [0, 0.05) is 18.8 Å². The minimum atomic E-state index is -0.185. The predicted molar refractivity (Wildman–Crippen MR) is 59.5 cm³/mol. The molecule has 1 saturated heterocycles. The molecule has 1 fully saturated rings. The van der Waals surface area contributed by atoms with Crippen molar-refractivity contribution >= 4 is 11.6 Å². The molecular formula is C11H14N2O3. The molecule has 0 saturated carbocycles. The number of anilines is 1. The number of rotatable bonds is 3. The Kier molecular flexibility index (Phi) is 2.96. The zero-order chi connectivity index (χ0) is 11.5. The molecule has 2 rings (SSSR count). The van der Waals surface area contributed by atoms with Crippen LogP contribution in [0.15, 0.2) is 18.2 Å². The summed E-state index contributed by atoms with van der Waals surface area (Å²) in [6.45, 7) is 1.12. The van der Waals surface area contributed by atoms with Crippen LogP contribution in [0, 0.1) is 0 Å². The molecule has 1 amide bonds. The first-order valence-corrected chi connectivity index (χ1v) is 5.06. The van der Waals surface area contributed by atoms with Crippen LogP contribution in [0.3, 0.4) is 0 Å². The van der Waals surface area contributed by atoms with E-state index >= 15 is 0 Å². The number of ether oxygens (including phenoxy) is 2. The lowest BCUT2D eigenvalue weighted by molar-refractivity contribution is -0.0798. The van der Waals surface area contributed by atoms with Crippen molar-refractivity contribution in [2.24, 2.45) is 0 Å². The number of hydrogen-bond acceptors (Lipinski definition) is 4. The summed E-state index contributed by atoms with van der Waals surface area (Å²) in [4.78, 5) is 11.6. The van der Waals surface area contributed by atoms with Gasteiger partial charge in [0.05, 0.1) is 18.8 Å². The number of benzene rings is 1. The van der Waals surface area contributed by atoms with Crippen LogP contribution in [0.1, 0.15) is 10.4 Å². The topological polar surface area (TPSA) is 73.6 Å². The summed E-state index contributed by atoms with van der Waals surface area (Å²) >= 11 is 0. The Bertz CT molecular complexity index is 402. The number of nitrogens with two attached hydrogens (primary N) is 1. The molecule has 0 spiro atoms. The molecule has 0 unspecified atom stereocenters. The fourth-order valence-electron chi connectivity index (χ4n) is 1.42. The van der Waals surface area contributed by atoms with Crippen LogP contribution in [0.4, 0.5) is 5.69 Å². The Labute approximate surface area is 93.5 Å². The van der Waals surface area contributed by atoms with Gasteiger partial charge >= 0.3 is 0 Å². The lowest BCUT2D eigenvalue weighted by Gasteiger charge is -2.27. The van der Waals surface area contributed by atoms with Gasteiger partial charge in [-0.25, -0.2) is 0 Å². The van der Waals surface area contributed by atoms with Gasteiger partial charge in [-0.2, -0.15) is 0 Å². The van der Waals surface area contributed by atoms with Gasteiger partial charge in [-0.1, -0.05) is 0 Å². The number of amides is 1. The van der Waals surface area contributed by atoms with Crippen LogP contribution in [0.5, 0.6) is 5.75 Å². The van der Waals surface area contributed by atoms with Gasteiger partial charge in [0.1, 0.15) is 11.9 Å². The molecule has 1 aliphatic heterocycles. The second kappa shape index (κ2) is 4.40. The summed E-state index contributed by atoms with van der Waals surface area (Å²) in [5, 5.41) is 2.56. The molecule has 0 atom stereocenters. The molecular weight excluding hydrogens is 208 g/mol. The first-order chi connectivity index (χ1) is 7.70. The van der Waals surface area contributed by atoms with Gasteiger partial charge in [0.15, 0.2) is 0 Å². The fourth-order valence-corrected chi connectivity index (χ4v) is 1.42. The summed E-state index contributed by atoms with van der Waals surface area (Å²) < 4.78 is 10.6. The summed E-state index contributed by atoms with van der Waals surface area (Å²) in [6, 6.07) is 4.99. The Hall–Kier alpha value is -1.75. The van der Waals surface area contributed by atoms with E-state index in [9.17, 15) is 4.79 Å². The minimum absolute atomic E-state index is 0.0187. The van der Waals surface area contributed by atoms with Crippen LogP contribution >= 0.6 is 0 Å². The van der Waals surface area contributed by atoms with Crippen molar-refractivity contribution in [1.82, 2.24) is 5.32 Å². The average Bonchev–Trinajstić information content (AvgIpc) is 2.22. The normalized spacial score (nSPS) is 15.3. The lowest BCUT2D eigenvalue weighted by Crippen LogP contribution is -2.39. The highest BCUT2D eigenvalue weighted by molar-refractivity contribution is 5.97. The van der Waals surface area contributed by atoms with E-state index in [1.165, 1.54) is 0 Å². The number of hydrogen-bond donors (Lipinski definition) is 2. The zero-order valence-electron chi connectivity index (χ0n) is 9.03. The smallest absolute Gasteiger partial charge is 0.254 e. The fraction of sp³-hybridized carbons (Fsp3) is 0.364. The van der Waals surface area contributed by atoms with E-state index in [2.05, 4.69) is 5.32 Å². The maximum absolute atomic E-state index is 11.6. The molecule has 5 nitrogen and oxygen atoms in total. The largest absolute Gasteiger partial charge is 0.485 e. The molecule has 0 bridgehead atoms. The monoisotopic (exact) mass is 222 g/mol. The Morgan fingerprint density at radius 1 is 1.56 bits per heavy atom. The third-order valence-electron chi connectivity index (χ3n) is 2.38.